The van der Waals surface area contributed by atoms with E-state index < -0.39 is 0 Å². The molecule has 0 spiro atoms. The molecule has 0 radical (unpaired) electrons. The first-order chi connectivity index (χ1) is 3.72. The van der Waals surface area contributed by atoms with Crippen molar-refractivity contribution in [1.82, 2.24) is 0 Å². The lowest BCUT2D eigenvalue weighted by molar-refractivity contribution is 0.777. The Bertz CT molecular complexity index is 74.6. The highest BCUT2D eigenvalue weighted by Crippen LogP contribution is 2.51. The van der Waals surface area contributed by atoms with Crippen LogP contribution in [0, 0.1) is 0 Å². The van der Waals surface area contributed by atoms with Crippen LogP contribution in [0.3, 0.4) is 0 Å². The third-order valence-electron chi connectivity index (χ3n) is 2.39. The topological polar surface area (TPSA) is 0 Å². The Morgan fingerprint density at radius 2 is 1.62 bits per heavy atom. The molecule has 1 aliphatic heterocycles. The van der Waals surface area contributed by atoms with Gasteiger partial charge in [-0.05, 0) is 24.2 Å². The van der Waals surface area contributed by atoms with E-state index >= 15 is 0 Å². The monoisotopic (exact) mass is 128 g/mol. The summed E-state index contributed by atoms with van der Waals surface area (Å²) >= 11 is 0. The Balaban J connectivity index is 2.44. The quantitative estimate of drug-likeness (QED) is 0.343. The molecule has 0 aromatic rings. The van der Waals surface area contributed by atoms with Crippen molar-refractivity contribution in [2.75, 3.05) is 0 Å². The number of rotatable bonds is 0. The van der Waals surface area contributed by atoms with Crippen LogP contribution < -0.4 is 0 Å². The highest BCUT2D eigenvalue weighted by Gasteiger charge is 2.24. The van der Waals surface area contributed by atoms with E-state index in [0.717, 1.165) is 11.3 Å². The van der Waals surface area contributed by atoms with Crippen LogP contribution in [0.4, 0.5) is 0 Å². The molecule has 0 bridgehead atoms. The van der Waals surface area contributed by atoms with Crippen molar-refractivity contribution in [3.63, 3.8) is 0 Å². The van der Waals surface area contributed by atoms with Crippen molar-refractivity contribution in [3.8, 4) is 0 Å². The Labute approximate surface area is 54.2 Å². The molecular weight excluding hydrogens is 114 g/mol. The van der Waals surface area contributed by atoms with Gasteiger partial charge >= 0.3 is 0 Å². The molecule has 2 heteroatoms. The van der Waals surface area contributed by atoms with E-state index in [0.29, 0.717) is 7.80 Å². The van der Waals surface area contributed by atoms with Crippen LogP contribution in [0.25, 0.3) is 0 Å². The lowest BCUT2D eigenvalue weighted by Gasteiger charge is -2.13. The summed E-state index contributed by atoms with van der Waals surface area (Å²) in [6.07, 6.45) is 2.98. The third kappa shape index (κ3) is 1.08. The Hall–Kier alpha value is 0.495. The van der Waals surface area contributed by atoms with Crippen molar-refractivity contribution in [2.45, 2.75) is 38.0 Å². The Kier molecular flexibility index (Phi) is 1.98. The Morgan fingerprint density at radius 3 is 1.75 bits per heavy atom. The van der Waals surface area contributed by atoms with Crippen LogP contribution in [0.15, 0.2) is 0 Å². The minimum atomic E-state index is 0.413. The van der Waals surface area contributed by atoms with Gasteiger partial charge in [0.1, 0.15) is 7.57 Å². The van der Waals surface area contributed by atoms with E-state index in [2.05, 4.69) is 21.4 Å². The number of hydrogen-bond acceptors (Lipinski definition) is 0. The first kappa shape index (κ1) is 6.61. The van der Waals surface area contributed by atoms with Gasteiger partial charge in [0, 0.05) is 0 Å². The van der Waals surface area contributed by atoms with Crippen molar-refractivity contribution < 1.29 is 0 Å². The van der Waals surface area contributed by atoms with Gasteiger partial charge in [0.05, 0.1) is 0 Å². The molecule has 0 amide bonds. The van der Waals surface area contributed by atoms with Gasteiger partial charge in [-0.3, -0.25) is 0 Å². The van der Waals surface area contributed by atoms with Crippen LogP contribution in [0.1, 0.15) is 26.7 Å². The Morgan fingerprint density at radius 1 is 1.25 bits per heavy atom. The molecule has 0 N–H and O–H groups in total. The fourth-order valence-corrected chi connectivity index (χ4v) is 3.31. The van der Waals surface area contributed by atoms with Gasteiger partial charge in [-0.2, -0.15) is 0 Å². The zero-order valence-electron chi connectivity index (χ0n) is 6.02. The minimum Gasteiger partial charge on any atom is -0.143 e. The molecular formula is C6H14BP. The predicted molar refractivity (Wildman–Crippen MR) is 43.6 cm³/mol. The third-order valence-corrected chi connectivity index (χ3v) is 5.69. The lowest BCUT2D eigenvalue weighted by Crippen LogP contribution is -1.94. The van der Waals surface area contributed by atoms with Crippen molar-refractivity contribution in [2.24, 2.45) is 0 Å². The molecule has 0 unspecified atom stereocenters. The summed E-state index contributed by atoms with van der Waals surface area (Å²) in [4.78, 5) is 0. The highest BCUT2D eigenvalue weighted by atomic mass is 31.1. The predicted octanol–water partition coefficient (Wildman–Crippen LogP) is 1.59. The average molecular weight is 128 g/mol. The molecule has 8 heavy (non-hydrogen) atoms. The average Bonchev–Trinajstić information content (AvgIpc) is 1.98. The molecule has 1 saturated heterocycles. The molecule has 0 aromatic heterocycles. The standard InChI is InChI=1S/C6H14BP/c1-5-3-4-6(2)8(5)7/h5-6H,3-4,7H2,1-2H3/t5-,6-/m1/s1. The van der Waals surface area contributed by atoms with E-state index in [4.69, 9.17) is 0 Å². The maximum atomic E-state index is 2.44. The maximum Gasteiger partial charge on any atom is 0.134 e. The van der Waals surface area contributed by atoms with Gasteiger partial charge in [-0.1, -0.05) is 13.8 Å². The van der Waals surface area contributed by atoms with E-state index in [1.807, 2.05) is 0 Å². The van der Waals surface area contributed by atoms with Gasteiger partial charge in [0.2, 0.25) is 0 Å². The van der Waals surface area contributed by atoms with Crippen LogP contribution in [0.5, 0.6) is 0 Å². The van der Waals surface area contributed by atoms with Gasteiger partial charge < -0.3 is 0 Å². The van der Waals surface area contributed by atoms with Gasteiger partial charge in [-0.25, -0.2) is 0 Å². The zero-order chi connectivity index (χ0) is 6.15. The molecule has 0 saturated carbocycles. The van der Waals surface area contributed by atoms with Crippen LogP contribution >= 0.6 is 7.80 Å². The van der Waals surface area contributed by atoms with Gasteiger partial charge in [-0.15, -0.1) is 7.80 Å². The van der Waals surface area contributed by atoms with Crippen molar-refractivity contribution >= 4 is 15.4 Å². The molecule has 1 aliphatic rings. The highest BCUT2D eigenvalue weighted by molar-refractivity contribution is 7.83. The molecule has 46 valence electrons. The van der Waals surface area contributed by atoms with Gasteiger partial charge in [0.15, 0.2) is 0 Å². The molecule has 1 heterocycles. The molecule has 0 aromatic carbocycles. The van der Waals surface area contributed by atoms with Crippen molar-refractivity contribution in [1.29, 1.82) is 0 Å². The summed E-state index contributed by atoms with van der Waals surface area (Å²) in [6, 6.07) is 0. The van der Waals surface area contributed by atoms with Crippen LogP contribution in [-0.4, -0.2) is 18.9 Å². The van der Waals surface area contributed by atoms with E-state index in [-0.39, 0.29) is 0 Å². The molecule has 1 rings (SSSR count). The fraction of sp³-hybridized carbons (Fsp3) is 1.00. The number of hydrogen-bond donors (Lipinski definition) is 0. The van der Waals surface area contributed by atoms with Crippen molar-refractivity contribution in [3.05, 3.63) is 0 Å². The summed E-state index contributed by atoms with van der Waals surface area (Å²) in [6.45, 7) is 4.80. The summed E-state index contributed by atoms with van der Waals surface area (Å²) in [5.41, 5.74) is 2.11. The normalized spacial score (nSPS) is 40.8. The van der Waals surface area contributed by atoms with E-state index in [1.54, 1.807) is 0 Å². The summed E-state index contributed by atoms with van der Waals surface area (Å²) in [5, 5.41) is 0. The summed E-state index contributed by atoms with van der Waals surface area (Å²) < 4.78 is 0. The summed E-state index contributed by atoms with van der Waals surface area (Å²) in [7, 11) is 2.85. The molecule has 1 fully saturated rings. The lowest BCUT2D eigenvalue weighted by atomic mass is 10.2. The molecule has 0 nitrogen and oxygen atoms in total. The van der Waals surface area contributed by atoms with E-state index in [1.165, 1.54) is 12.8 Å². The second kappa shape index (κ2) is 2.39. The maximum absolute atomic E-state index is 2.44. The molecule has 0 aliphatic carbocycles. The first-order valence-corrected chi connectivity index (χ1v) is 5.36. The second-order valence-corrected chi connectivity index (χ2v) is 6.03. The van der Waals surface area contributed by atoms with Crippen LogP contribution in [0.2, 0.25) is 0 Å². The second-order valence-electron chi connectivity index (χ2n) is 2.94. The zero-order valence-corrected chi connectivity index (χ0v) is 6.91. The smallest absolute Gasteiger partial charge is 0.134 e. The SMILES string of the molecule is BP1[C@H](C)CC[C@H]1C. The van der Waals surface area contributed by atoms with E-state index in [9.17, 15) is 0 Å². The van der Waals surface area contributed by atoms with Gasteiger partial charge in [0.25, 0.3) is 0 Å². The first-order valence-electron chi connectivity index (χ1n) is 3.43. The fourth-order valence-electron chi connectivity index (χ4n) is 1.32. The largest absolute Gasteiger partial charge is 0.143 e. The summed E-state index contributed by atoms with van der Waals surface area (Å²) in [5.74, 6) is 0. The van der Waals surface area contributed by atoms with Crippen LogP contribution in [-0.2, 0) is 0 Å². The molecule has 2 atom stereocenters. The minimum absolute atomic E-state index is 0.413.